The smallest absolute Gasteiger partial charge is 0.223 e. The molecule has 0 aromatic heterocycles. The number of amides is 1. The van der Waals surface area contributed by atoms with Crippen LogP contribution >= 0.6 is 24.0 Å². The summed E-state index contributed by atoms with van der Waals surface area (Å²) >= 11 is 0. The predicted octanol–water partition coefficient (Wildman–Crippen LogP) is 2.06. The van der Waals surface area contributed by atoms with Gasteiger partial charge in [0.15, 0.2) is 5.96 Å². The molecular weight excluding hydrogens is 419 g/mol. The van der Waals surface area contributed by atoms with Gasteiger partial charge >= 0.3 is 0 Å². The molecule has 0 fully saturated rings. The van der Waals surface area contributed by atoms with Crippen LogP contribution in [0.4, 0.5) is 0 Å². The zero-order chi connectivity index (χ0) is 17.1. The van der Waals surface area contributed by atoms with Crippen LogP contribution in [0.25, 0.3) is 0 Å². The molecule has 0 saturated heterocycles. The van der Waals surface area contributed by atoms with E-state index < -0.39 is 0 Å². The Morgan fingerprint density at radius 2 is 1.88 bits per heavy atom. The summed E-state index contributed by atoms with van der Waals surface area (Å²) in [4.78, 5) is 19.7. The number of nitrogens with one attached hydrogen (secondary N) is 1. The Morgan fingerprint density at radius 3 is 2.46 bits per heavy atom. The van der Waals surface area contributed by atoms with Crippen LogP contribution in [0.3, 0.4) is 0 Å². The SMILES string of the molecule is CCNC(=NCCC(=O)N(C)C)N(C)CCOc1ccccc1.I. The Kier molecular flexibility index (Phi) is 12.0. The minimum absolute atomic E-state index is 0. The Morgan fingerprint density at radius 1 is 1.21 bits per heavy atom. The van der Waals surface area contributed by atoms with Gasteiger partial charge in [-0.15, -0.1) is 24.0 Å². The first-order chi connectivity index (χ1) is 11.0. The zero-order valence-electron chi connectivity index (χ0n) is 15.0. The van der Waals surface area contributed by atoms with Gasteiger partial charge in [0.1, 0.15) is 12.4 Å². The third-order valence-corrected chi connectivity index (χ3v) is 3.22. The van der Waals surface area contributed by atoms with Crippen LogP contribution in [0.1, 0.15) is 13.3 Å². The topological polar surface area (TPSA) is 57.2 Å². The maximum Gasteiger partial charge on any atom is 0.223 e. The fourth-order valence-electron chi connectivity index (χ4n) is 1.87. The summed E-state index contributed by atoms with van der Waals surface area (Å²) in [6.07, 6.45) is 0.413. The van der Waals surface area contributed by atoms with E-state index in [0.717, 1.165) is 18.3 Å². The molecule has 7 heteroatoms. The Labute approximate surface area is 162 Å². The van der Waals surface area contributed by atoms with E-state index in [0.29, 0.717) is 26.1 Å². The summed E-state index contributed by atoms with van der Waals surface area (Å²) in [7, 11) is 5.47. The van der Waals surface area contributed by atoms with E-state index in [1.807, 2.05) is 49.2 Å². The van der Waals surface area contributed by atoms with Gasteiger partial charge in [0.2, 0.25) is 5.91 Å². The van der Waals surface area contributed by atoms with Crippen LogP contribution in [0, 0.1) is 0 Å². The van der Waals surface area contributed by atoms with Crippen molar-refractivity contribution < 1.29 is 9.53 Å². The standard InChI is InChI=1S/C17H28N4O2.HI/c1-5-18-17(19-12-11-16(22)20(2)3)21(4)13-14-23-15-9-7-6-8-10-15;/h6-10H,5,11-14H2,1-4H3,(H,18,19);1H. The van der Waals surface area contributed by atoms with Crippen LogP contribution in [0.2, 0.25) is 0 Å². The minimum Gasteiger partial charge on any atom is -0.492 e. The van der Waals surface area contributed by atoms with Crippen LogP contribution in [-0.4, -0.2) is 69.1 Å². The number of hydrogen-bond donors (Lipinski definition) is 1. The third kappa shape index (κ3) is 8.95. The quantitative estimate of drug-likeness (QED) is 0.376. The highest BCUT2D eigenvalue weighted by atomic mass is 127. The van der Waals surface area contributed by atoms with Crippen LogP contribution in [-0.2, 0) is 4.79 Å². The van der Waals surface area contributed by atoms with Gasteiger partial charge in [-0.25, -0.2) is 0 Å². The lowest BCUT2D eigenvalue weighted by Gasteiger charge is -2.22. The maximum atomic E-state index is 11.6. The van der Waals surface area contributed by atoms with Crippen molar-refractivity contribution in [1.29, 1.82) is 0 Å². The summed E-state index contributed by atoms with van der Waals surface area (Å²) in [6.45, 7) is 4.56. The summed E-state index contributed by atoms with van der Waals surface area (Å²) in [5.74, 6) is 1.73. The second kappa shape index (κ2) is 12.9. The summed E-state index contributed by atoms with van der Waals surface area (Å²) in [5, 5.41) is 3.23. The minimum atomic E-state index is 0. The first-order valence-electron chi connectivity index (χ1n) is 7.92. The molecule has 1 amide bonds. The lowest BCUT2D eigenvalue weighted by Crippen LogP contribution is -2.41. The number of likely N-dealkylation sites (N-methyl/N-ethyl adjacent to an activating group) is 1. The lowest BCUT2D eigenvalue weighted by atomic mass is 10.3. The molecular formula is C17H29IN4O2. The number of benzene rings is 1. The second-order valence-corrected chi connectivity index (χ2v) is 5.36. The van der Waals surface area contributed by atoms with Crippen molar-refractivity contribution in [2.45, 2.75) is 13.3 Å². The van der Waals surface area contributed by atoms with Gasteiger partial charge in [0.25, 0.3) is 0 Å². The highest BCUT2D eigenvalue weighted by molar-refractivity contribution is 14.0. The van der Waals surface area contributed by atoms with E-state index in [2.05, 4.69) is 10.3 Å². The van der Waals surface area contributed by atoms with E-state index in [4.69, 9.17) is 4.74 Å². The van der Waals surface area contributed by atoms with Crippen LogP contribution in [0.15, 0.2) is 35.3 Å². The van der Waals surface area contributed by atoms with Crippen molar-refractivity contribution >= 4 is 35.8 Å². The molecule has 0 unspecified atom stereocenters. The predicted molar refractivity (Wildman–Crippen MR) is 109 cm³/mol. The van der Waals surface area contributed by atoms with Gasteiger partial charge in [0, 0.05) is 34.1 Å². The average Bonchev–Trinajstić information content (AvgIpc) is 2.54. The maximum absolute atomic E-state index is 11.6. The molecule has 1 aromatic rings. The fourth-order valence-corrected chi connectivity index (χ4v) is 1.87. The summed E-state index contributed by atoms with van der Waals surface area (Å²) in [5.41, 5.74) is 0. The average molecular weight is 448 g/mol. The Balaban J connectivity index is 0.00000529. The van der Waals surface area contributed by atoms with Gasteiger partial charge in [-0.2, -0.15) is 0 Å². The van der Waals surface area contributed by atoms with Crippen molar-refractivity contribution in [1.82, 2.24) is 15.1 Å². The van der Waals surface area contributed by atoms with Gasteiger partial charge in [-0.05, 0) is 19.1 Å². The van der Waals surface area contributed by atoms with E-state index in [-0.39, 0.29) is 29.9 Å². The molecule has 1 N–H and O–H groups in total. The monoisotopic (exact) mass is 448 g/mol. The Bertz CT molecular complexity index is 495. The number of aliphatic imine (C=N–C) groups is 1. The molecule has 0 atom stereocenters. The highest BCUT2D eigenvalue weighted by Crippen LogP contribution is 2.07. The molecule has 0 bridgehead atoms. The number of ether oxygens (including phenoxy) is 1. The number of halogens is 1. The molecule has 24 heavy (non-hydrogen) atoms. The number of hydrogen-bond acceptors (Lipinski definition) is 3. The van der Waals surface area contributed by atoms with Crippen molar-refractivity contribution in [2.75, 3.05) is 47.4 Å². The van der Waals surface area contributed by atoms with Crippen molar-refractivity contribution in [2.24, 2.45) is 4.99 Å². The lowest BCUT2D eigenvalue weighted by molar-refractivity contribution is -0.128. The first-order valence-corrected chi connectivity index (χ1v) is 7.92. The fraction of sp³-hybridized carbons (Fsp3) is 0.529. The van der Waals surface area contributed by atoms with Gasteiger partial charge in [0.05, 0.1) is 13.1 Å². The number of guanidine groups is 1. The van der Waals surface area contributed by atoms with Crippen LogP contribution in [0.5, 0.6) is 5.75 Å². The summed E-state index contributed by atoms with van der Waals surface area (Å²) in [6, 6.07) is 9.74. The summed E-state index contributed by atoms with van der Waals surface area (Å²) < 4.78 is 5.69. The van der Waals surface area contributed by atoms with Crippen LogP contribution < -0.4 is 10.1 Å². The van der Waals surface area contributed by atoms with Crippen molar-refractivity contribution in [3.63, 3.8) is 0 Å². The van der Waals surface area contributed by atoms with E-state index >= 15 is 0 Å². The number of nitrogens with zero attached hydrogens (tertiary/aromatic N) is 3. The third-order valence-electron chi connectivity index (χ3n) is 3.22. The van der Waals surface area contributed by atoms with E-state index in [1.54, 1.807) is 19.0 Å². The molecule has 1 rings (SSSR count). The number of carbonyl (C=O) groups excluding carboxylic acids is 1. The molecule has 0 spiro atoms. The van der Waals surface area contributed by atoms with Crippen molar-refractivity contribution in [3.8, 4) is 5.75 Å². The molecule has 0 radical (unpaired) electrons. The second-order valence-electron chi connectivity index (χ2n) is 5.36. The molecule has 0 aliphatic carbocycles. The van der Waals surface area contributed by atoms with Gasteiger partial charge < -0.3 is 19.9 Å². The van der Waals surface area contributed by atoms with Crippen molar-refractivity contribution in [3.05, 3.63) is 30.3 Å². The number of carbonyl (C=O) groups is 1. The zero-order valence-corrected chi connectivity index (χ0v) is 17.3. The first kappa shape index (κ1) is 22.5. The molecule has 6 nitrogen and oxygen atoms in total. The number of rotatable bonds is 8. The molecule has 136 valence electrons. The highest BCUT2D eigenvalue weighted by Gasteiger charge is 2.07. The molecule has 0 aliphatic rings. The molecule has 0 saturated carbocycles. The van der Waals surface area contributed by atoms with E-state index in [9.17, 15) is 4.79 Å². The normalized spacial score (nSPS) is 10.6. The van der Waals surface area contributed by atoms with Gasteiger partial charge in [-0.1, -0.05) is 18.2 Å². The Hall–Kier alpha value is -1.51. The molecule has 0 heterocycles. The molecule has 0 aliphatic heterocycles. The van der Waals surface area contributed by atoms with Gasteiger partial charge in [-0.3, -0.25) is 9.79 Å². The largest absolute Gasteiger partial charge is 0.492 e. The molecule has 1 aromatic carbocycles. The number of para-hydroxylation sites is 1. The van der Waals surface area contributed by atoms with E-state index in [1.165, 1.54) is 0 Å².